The zero-order valence-electron chi connectivity index (χ0n) is 19.2. The lowest BCUT2D eigenvalue weighted by atomic mass is 9.81. The third-order valence-corrected chi connectivity index (χ3v) is 8.10. The van der Waals surface area contributed by atoms with Crippen molar-refractivity contribution in [3.63, 3.8) is 0 Å². The molecule has 2 atom stereocenters. The minimum Gasteiger partial charge on any atom is -0.511 e. The molecule has 3 heterocycles. The van der Waals surface area contributed by atoms with E-state index in [1.165, 1.54) is 12.1 Å². The number of dihydropyridines is 1. The molecule has 0 spiro atoms. The number of nitrogens with zero attached hydrogens (tertiary/aromatic N) is 2. The molecular weight excluding hydrogens is 488 g/mol. The molecule has 2 saturated heterocycles. The summed E-state index contributed by atoms with van der Waals surface area (Å²) in [4.78, 5) is 16.8. The molecule has 36 heavy (non-hydrogen) atoms. The van der Waals surface area contributed by atoms with Crippen LogP contribution in [0.4, 0.5) is 37.7 Å². The Hall–Kier alpha value is -3.08. The number of carbonyl (C=O) groups is 1. The van der Waals surface area contributed by atoms with Crippen LogP contribution in [0.15, 0.2) is 58.4 Å². The monoisotopic (exact) mass is 512 g/mol. The van der Waals surface area contributed by atoms with Gasteiger partial charge in [-0.3, -0.25) is 14.3 Å². The number of hydrogen-bond donors (Lipinski definition) is 2. The van der Waals surface area contributed by atoms with Crippen molar-refractivity contribution in [3.05, 3.63) is 59.0 Å². The Morgan fingerprint density at radius 2 is 1.72 bits per heavy atom. The van der Waals surface area contributed by atoms with Crippen LogP contribution in [-0.2, 0) is 11.0 Å². The molecule has 1 amide bonds. The number of benzene rings is 1. The fourth-order valence-corrected chi connectivity index (χ4v) is 6.17. The third kappa shape index (κ3) is 3.84. The van der Waals surface area contributed by atoms with E-state index in [0.717, 1.165) is 50.1 Å². The lowest BCUT2D eigenvalue weighted by Crippen LogP contribution is -2.49. The van der Waals surface area contributed by atoms with Crippen LogP contribution in [0.5, 0.6) is 0 Å². The highest BCUT2D eigenvalue weighted by molar-refractivity contribution is 6.19. The molecule has 2 bridgehead atoms. The molecular formula is C25H24F6N3O2+. The number of hydrogen-bond acceptors (Lipinski definition) is 3. The lowest BCUT2D eigenvalue weighted by molar-refractivity contribution is -0.170. The second kappa shape index (κ2) is 8.22. The van der Waals surface area contributed by atoms with Crippen LogP contribution in [0.2, 0.25) is 0 Å². The highest BCUT2D eigenvalue weighted by Crippen LogP contribution is 2.49. The number of nitrogens with one attached hydrogen (secondary N) is 1. The molecule has 0 aromatic heterocycles. The number of alkyl halides is 6. The summed E-state index contributed by atoms with van der Waals surface area (Å²) in [6, 6.07) is 4.25. The Labute approximate surface area is 203 Å². The van der Waals surface area contributed by atoms with Gasteiger partial charge >= 0.3 is 12.4 Å². The highest BCUT2D eigenvalue weighted by Gasteiger charge is 2.53. The molecule has 11 heteroatoms. The largest absolute Gasteiger partial charge is 0.511 e. The second-order valence-electron chi connectivity index (χ2n) is 9.87. The van der Waals surface area contributed by atoms with E-state index in [4.69, 9.17) is 0 Å². The third-order valence-electron chi connectivity index (χ3n) is 8.10. The van der Waals surface area contributed by atoms with Gasteiger partial charge in [-0.25, -0.2) is 0 Å². The predicted molar refractivity (Wildman–Crippen MR) is 122 cm³/mol. The number of anilines is 1. The number of halogens is 6. The quantitative estimate of drug-likeness (QED) is 0.383. The van der Waals surface area contributed by atoms with Gasteiger partial charge in [-0.1, -0.05) is 12.2 Å². The summed E-state index contributed by atoms with van der Waals surface area (Å²) >= 11 is 0. The average molecular weight is 512 g/mol. The maximum atomic E-state index is 14.0. The van der Waals surface area contributed by atoms with E-state index in [9.17, 15) is 36.2 Å². The molecule has 2 unspecified atom stereocenters. The Kier molecular flexibility index (Phi) is 5.62. The fourth-order valence-electron chi connectivity index (χ4n) is 6.17. The summed E-state index contributed by atoms with van der Waals surface area (Å²) < 4.78 is 83.1. The SMILES string of the molecule is C[N+]1(c2ccc(NC(=O)C3=C(O)C4C(=CC=CC4C(F)(F)F)N=C3)c(C(F)(F)F)c2)C2CCC1CC2. The van der Waals surface area contributed by atoms with Crippen molar-refractivity contribution in [1.29, 1.82) is 0 Å². The summed E-state index contributed by atoms with van der Waals surface area (Å²) in [7, 11) is 1.94. The number of amides is 1. The molecule has 2 fully saturated rings. The van der Waals surface area contributed by atoms with Crippen LogP contribution in [0.1, 0.15) is 31.2 Å². The summed E-state index contributed by atoms with van der Waals surface area (Å²) in [5, 5.41) is 12.7. The smallest absolute Gasteiger partial charge is 0.418 e. The first-order valence-electron chi connectivity index (χ1n) is 11.6. The van der Waals surface area contributed by atoms with Crippen molar-refractivity contribution in [2.45, 2.75) is 50.1 Å². The maximum absolute atomic E-state index is 14.0. The summed E-state index contributed by atoms with van der Waals surface area (Å²) in [5.41, 5.74) is -1.80. The van der Waals surface area contributed by atoms with Gasteiger partial charge in [0.1, 0.15) is 11.4 Å². The summed E-state index contributed by atoms with van der Waals surface area (Å²) in [5.74, 6) is -5.84. The first-order valence-corrected chi connectivity index (χ1v) is 11.6. The van der Waals surface area contributed by atoms with Crippen LogP contribution < -0.4 is 9.80 Å². The molecule has 1 aromatic carbocycles. The van der Waals surface area contributed by atoms with Gasteiger partial charge in [-0.05, 0) is 12.1 Å². The molecule has 4 aliphatic rings. The van der Waals surface area contributed by atoms with Crippen molar-refractivity contribution in [3.8, 4) is 0 Å². The van der Waals surface area contributed by atoms with E-state index in [2.05, 4.69) is 10.3 Å². The number of aliphatic hydroxyl groups excluding tert-OH is 1. The summed E-state index contributed by atoms with van der Waals surface area (Å²) in [6.07, 6.45) is -1.59. The summed E-state index contributed by atoms with van der Waals surface area (Å²) in [6.45, 7) is 0. The number of carbonyl (C=O) groups excluding carboxylic acids is 1. The van der Waals surface area contributed by atoms with Crippen molar-refractivity contribution in [2.24, 2.45) is 16.8 Å². The van der Waals surface area contributed by atoms with E-state index in [-0.39, 0.29) is 17.8 Å². The van der Waals surface area contributed by atoms with Gasteiger partial charge in [0.2, 0.25) is 0 Å². The van der Waals surface area contributed by atoms with Crippen LogP contribution in [0.3, 0.4) is 0 Å². The molecule has 2 N–H and O–H groups in total. The van der Waals surface area contributed by atoms with Gasteiger partial charge in [0.25, 0.3) is 5.91 Å². The standard InChI is InChI=1S/C25H23F6N3O2/c1-34(13-5-6-14(34)8-7-13)15-9-10-19(18(11-15)25(29,30)31)33-23(36)16-12-32-20-4-2-3-17(24(26,27)28)21(20)22(16)35/h2-4,9-14,17,21H,5-8H2,1H3,(H-,32,33,35,36)/p+1. The minimum atomic E-state index is -4.79. The Bertz CT molecular complexity index is 1210. The van der Waals surface area contributed by atoms with Gasteiger partial charge < -0.3 is 10.4 Å². The van der Waals surface area contributed by atoms with Crippen molar-refractivity contribution in [1.82, 2.24) is 4.48 Å². The van der Waals surface area contributed by atoms with Crippen LogP contribution in [-0.4, -0.2) is 42.5 Å². The van der Waals surface area contributed by atoms with Gasteiger partial charge in [0.15, 0.2) is 0 Å². The number of rotatable bonds is 3. The molecule has 1 aliphatic carbocycles. The molecule has 0 radical (unpaired) electrons. The average Bonchev–Trinajstić information content (AvgIpc) is 3.30. The van der Waals surface area contributed by atoms with Gasteiger partial charge in [0.05, 0.1) is 53.5 Å². The molecule has 5 rings (SSSR count). The van der Waals surface area contributed by atoms with Crippen molar-refractivity contribution >= 4 is 23.5 Å². The molecule has 0 saturated carbocycles. The van der Waals surface area contributed by atoms with Crippen molar-refractivity contribution in [2.75, 3.05) is 12.4 Å². The number of quaternary nitrogens is 1. The number of allylic oxidation sites excluding steroid dienone is 3. The van der Waals surface area contributed by atoms with Gasteiger partial charge in [-0.15, -0.1) is 0 Å². The van der Waals surface area contributed by atoms with Crippen LogP contribution in [0, 0.1) is 11.8 Å². The topological polar surface area (TPSA) is 61.7 Å². The zero-order valence-corrected chi connectivity index (χ0v) is 19.2. The molecule has 5 nitrogen and oxygen atoms in total. The Morgan fingerprint density at radius 1 is 1.08 bits per heavy atom. The predicted octanol–water partition coefficient (Wildman–Crippen LogP) is 6.05. The minimum absolute atomic E-state index is 0.0913. The first kappa shape index (κ1) is 24.6. The van der Waals surface area contributed by atoms with E-state index in [1.807, 2.05) is 7.05 Å². The fraction of sp³-hybridized carbons (Fsp3) is 0.440. The maximum Gasteiger partial charge on any atom is 0.418 e. The van der Waals surface area contributed by atoms with Crippen LogP contribution >= 0.6 is 0 Å². The Morgan fingerprint density at radius 3 is 2.31 bits per heavy atom. The van der Waals surface area contributed by atoms with Crippen LogP contribution in [0.25, 0.3) is 0 Å². The molecule has 192 valence electrons. The number of aliphatic hydroxyl groups is 1. The van der Waals surface area contributed by atoms with Gasteiger partial charge in [-0.2, -0.15) is 26.3 Å². The molecule has 1 aromatic rings. The highest BCUT2D eigenvalue weighted by atomic mass is 19.4. The van der Waals surface area contributed by atoms with Crippen molar-refractivity contribution < 1.29 is 36.2 Å². The second-order valence-corrected chi connectivity index (χ2v) is 9.87. The van der Waals surface area contributed by atoms with Gasteiger partial charge in [0, 0.05) is 44.0 Å². The lowest BCUT2D eigenvalue weighted by Gasteiger charge is -2.35. The van der Waals surface area contributed by atoms with E-state index >= 15 is 0 Å². The van der Waals surface area contributed by atoms with E-state index < -0.39 is 52.7 Å². The van der Waals surface area contributed by atoms with E-state index in [1.54, 1.807) is 6.07 Å². The van der Waals surface area contributed by atoms with E-state index in [0.29, 0.717) is 10.2 Å². The first-order chi connectivity index (χ1) is 16.8. The zero-order chi connectivity index (χ0) is 26.0. The molecule has 3 aliphatic heterocycles. The number of aliphatic imine (C=N–C) groups is 1. The Balaban J connectivity index is 1.47. The number of fused-ring (bicyclic) bond motifs is 3. The normalized spacial score (nSPS) is 31.5.